The highest BCUT2D eigenvalue weighted by atomic mass is 35.7. The van der Waals surface area contributed by atoms with Crippen LogP contribution in [0.5, 0.6) is 0 Å². The summed E-state index contributed by atoms with van der Waals surface area (Å²) < 4.78 is 47.3. The zero-order chi connectivity index (χ0) is 12.4. The highest BCUT2D eigenvalue weighted by Gasteiger charge is 2.05. The SMILES string of the molecule is CS(=O)(=O)Nc1ccc(NS(=O)(=O)Cl)cc1. The zero-order valence-corrected chi connectivity index (χ0v) is 10.5. The molecule has 90 valence electrons. The van der Waals surface area contributed by atoms with Gasteiger partial charge in [-0.1, -0.05) is 0 Å². The molecule has 0 aromatic heterocycles. The maximum Gasteiger partial charge on any atom is 0.319 e. The Morgan fingerprint density at radius 1 is 0.938 bits per heavy atom. The molecular formula is C7H9ClN2O4S2. The summed E-state index contributed by atoms with van der Waals surface area (Å²) in [6.45, 7) is 0. The van der Waals surface area contributed by atoms with Crippen molar-refractivity contribution in [2.24, 2.45) is 0 Å². The molecule has 0 spiro atoms. The van der Waals surface area contributed by atoms with Gasteiger partial charge in [-0.3, -0.25) is 9.44 Å². The Morgan fingerprint density at radius 3 is 1.62 bits per heavy atom. The fraction of sp³-hybridized carbons (Fsp3) is 0.143. The minimum atomic E-state index is -3.84. The summed E-state index contributed by atoms with van der Waals surface area (Å²) in [5.41, 5.74) is 0.578. The van der Waals surface area contributed by atoms with Gasteiger partial charge in [0.25, 0.3) is 0 Å². The van der Waals surface area contributed by atoms with Crippen molar-refractivity contribution in [2.45, 2.75) is 0 Å². The predicted octanol–water partition coefficient (Wildman–Crippen LogP) is 0.954. The van der Waals surface area contributed by atoms with Crippen LogP contribution < -0.4 is 9.44 Å². The summed E-state index contributed by atoms with van der Waals surface area (Å²) in [6, 6.07) is 5.58. The van der Waals surface area contributed by atoms with Crippen LogP contribution in [0.15, 0.2) is 24.3 Å². The predicted molar refractivity (Wildman–Crippen MR) is 63.3 cm³/mol. The molecule has 1 aromatic rings. The molecule has 0 heterocycles. The van der Waals surface area contributed by atoms with Crippen molar-refractivity contribution >= 4 is 41.3 Å². The number of sulfonamides is 1. The van der Waals surface area contributed by atoms with E-state index in [4.69, 9.17) is 10.7 Å². The van der Waals surface area contributed by atoms with E-state index in [1.807, 2.05) is 4.72 Å². The third kappa shape index (κ3) is 5.19. The van der Waals surface area contributed by atoms with E-state index in [-0.39, 0.29) is 5.69 Å². The van der Waals surface area contributed by atoms with Crippen molar-refractivity contribution in [2.75, 3.05) is 15.7 Å². The van der Waals surface area contributed by atoms with Gasteiger partial charge in [0.1, 0.15) is 0 Å². The Kier molecular flexibility index (Phi) is 3.66. The molecule has 2 N–H and O–H groups in total. The van der Waals surface area contributed by atoms with Crippen molar-refractivity contribution in [3.05, 3.63) is 24.3 Å². The van der Waals surface area contributed by atoms with Crippen LogP contribution in [0, 0.1) is 0 Å². The Morgan fingerprint density at radius 2 is 1.31 bits per heavy atom. The molecule has 6 nitrogen and oxygen atoms in total. The minimum absolute atomic E-state index is 0.244. The van der Waals surface area contributed by atoms with E-state index in [1.54, 1.807) is 0 Å². The molecule has 0 saturated carbocycles. The number of hydrogen-bond acceptors (Lipinski definition) is 4. The lowest BCUT2D eigenvalue weighted by atomic mass is 10.3. The van der Waals surface area contributed by atoms with Gasteiger partial charge >= 0.3 is 9.24 Å². The van der Waals surface area contributed by atoms with E-state index in [2.05, 4.69) is 4.72 Å². The Bertz CT molecular complexity index is 512. The summed E-state index contributed by atoms with van der Waals surface area (Å²) in [5, 5.41) is 0. The highest BCUT2D eigenvalue weighted by molar-refractivity contribution is 8.14. The van der Waals surface area contributed by atoms with Gasteiger partial charge in [-0.25, -0.2) is 8.42 Å². The number of hydrogen-bond donors (Lipinski definition) is 2. The maximum absolute atomic E-state index is 10.9. The molecule has 0 atom stereocenters. The van der Waals surface area contributed by atoms with Crippen LogP contribution in [-0.2, 0) is 19.3 Å². The summed E-state index contributed by atoms with van der Waals surface area (Å²) in [6.07, 6.45) is 1.02. The van der Waals surface area contributed by atoms with E-state index in [9.17, 15) is 16.8 Å². The molecule has 0 aliphatic carbocycles. The van der Waals surface area contributed by atoms with Crippen molar-refractivity contribution in [3.8, 4) is 0 Å². The lowest BCUT2D eigenvalue weighted by molar-refractivity contribution is 0.606. The third-order valence-corrected chi connectivity index (χ3v) is 2.75. The van der Waals surface area contributed by atoms with Crippen LogP contribution in [0.2, 0.25) is 0 Å². The van der Waals surface area contributed by atoms with Crippen LogP contribution in [0.4, 0.5) is 11.4 Å². The van der Waals surface area contributed by atoms with Gasteiger partial charge in [0, 0.05) is 22.1 Å². The molecule has 16 heavy (non-hydrogen) atoms. The summed E-state index contributed by atoms with van der Waals surface area (Å²) in [4.78, 5) is 0. The zero-order valence-electron chi connectivity index (χ0n) is 8.14. The van der Waals surface area contributed by atoms with Crippen molar-refractivity contribution in [1.82, 2.24) is 0 Å². The molecule has 1 aromatic carbocycles. The first kappa shape index (κ1) is 13.1. The van der Waals surface area contributed by atoms with E-state index in [0.717, 1.165) is 6.26 Å². The lowest BCUT2D eigenvalue weighted by Gasteiger charge is -2.05. The summed E-state index contributed by atoms with van der Waals surface area (Å²) in [5.74, 6) is 0. The summed E-state index contributed by atoms with van der Waals surface area (Å²) in [7, 11) is -2.22. The Labute approximate surface area is 98.2 Å². The maximum atomic E-state index is 10.9. The molecule has 0 aliphatic rings. The number of benzene rings is 1. The second-order valence-corrected chi connectivity index (χ2v) is 7.04. The van der Waals surface area contributed by atoms with Crippen LogP contribution in [0.1, 0.15) is 0 Å². The monoisotopic (exact) mass is 284 g/mol. The van der Waals surface area contributed by atoms with E-state index >= 15 is 0 Å². The Balaban J connectivity index is 2.84. The normalized spacial score (nSPS) is 12.1. The third-order valence-electron chi connectivity index (χ3n) is 1.43. The van der Waals surface area contributed by atoms with E-state index < -0.39 is 19.3 Å². The Hall–Kier alpha value is -0.990. The molecule has 0 saturated heterocycles. The molecule has 0 radical (unpaired) electrons. The molecule has 9 heteroatoms. The van der Waals surface area contributed by atoms with Gasteiger partial charge in [0.15, 0.2) is 0 Å². The van der Waals surface area contributed by atoms with Crippen LogP contribution in [-0.4, -0.2) is 23.1 Å². The van der Waals surface area contributed by atoms with Crippen molar-refractivity contribution in [3.63, 3.8) is 0 Å². The second kappa shape index (κ2) is 4.48. The summed E-state index contributed by atoms with van der Waals surface area (Å²) >= 11 is 0. The van der Waals surface area contributed by atoms with Crippen LogP contribution in [0.3, 0.4) is 0 Å². The van der Waals surface area contributed by atoms with Crippen LogP contribution in [0.25, 0.3) is 0 Å². The fourth-order valence-electron chi connectivity index (χ4n) is 0.961. The largest absolute Gasteiger partial charge is 0.319 e. The molecule has 1 rings (SSSR count). The molecule has 0 amide bonds. The standard InChI is InChI=1S/C7H9ClN2O4S2/c1-15(11,12)9-6-2-4-7(5-3-6)10-16(8,13)14/h2-5,9-10H,1H3. The van der Waals surface area contributed by atoms with Gasteiger partial charge in [-0.15, -0.1) is 0 Å². The molecular weight excluding hydrogens is 276 g/mol. The number of nitrogens with one attached hydrogen (secondary N) is 2. The first-order chi connectivity index (χ1) is 7.16. The van der Waals surface area contributed by atoms with E-state index in [1.165, 1.54) is 24.3 Å². The highest BCUT2D eigenvalue weighted by Crippen LogP contribution is 2.16. The molecule has 0 fully saturated rings. The van der Waals surface area contributed by atoms with E-state index in [0.29, 0.717) is 5.69 Å². The van der Waals surface area contributed by atoms with Crippen molar-refractivity contribution in [1.29, 1.82) is 0 Å². The van der Waals surface area contributed by atoms with Gasteiger partial charge in [-0.05, 0) is 24.3 Å². The number of anilines is 2. The lowest BCUT2D eigenvalue weighted by Crippen LogP contribution is -2.09. The average Bonchev–Trinajstić information content (AvgIpc) is 2.03. The van der Waals surface area contributed by atoms with Gasteiger partial charge < -0.3 is 0 Å². The second-order valence-electron chi connectivity index (χ2n) is 2.99. The van der Waals surface area contributed by atoms with Gasteiger partial charge in [0.05, 0.1) is 6.26 Å². The number of halogens is 1. The molecule has 0 aliphatic heterocycles. The molecule has 0 bridgehead atoms. The fourth-order valence-corrected chi connectivity index (χ4v) is 2.21. The number of rotatable bonds is 4. The first-order valence-electron chi connectivity index (χ1n) is 3.96. The quantitative estimate of drug-likeness (QED) is 0.805. The van der Waals surface area contributed by atoms with Gasteiger partial charge in [-0.2, -0.15) is 8.42 Å². The average molecular weight is 285 g/mol. The topological polar surface area (TPSA) is 92.3 Å². The minimum Gasteiger partial charge on any atom is -0.284 e. The first-order valence-corrected chi connectivity index (χ1v) is 8.16. The van der Waals surface area contributed by atoms with Gasteiger partial charge in [0.2, 0.25) is 10.0 Å². The van der Waals surface area contributed by atoms with Crippen LogP contribution >= 0.6 is 10.7 Å². The van der Waals surface area contributed by atoms with Crippen molar-refractivity contribution < 1.29 is 16.8 Å². The smallest absolute Gasteiger partial charge is 0.284 e. The molecule has 0 unspecified atom stereocenters.